The van der Waals surface area contributed by atoms with Gasteiger partial charge in [-0.25, -0.2) is 0 Å². The Hall–Kier alpha value is -1.34. The first kappa shape index (κ1) is 42.7. The van der Waals surface area contributed by atoms with Crippen molar-refractivity contribution in [3.8, 4) is 11.4 Å². The summed E-state index contributed by atoms with van der Waals surface area (Å²) in [4.78, 5) is 11.8. The van der Waals surface area contributed by atoms with Crippen LogP contribution in [0.4, 0.5) is 0 Å². The number of fused-ring (bicyclic) bond motifs is 1. The average Bonchev–Trinajstić information content (AvgIpc) is 3.37. The normalized spacial score (nSPS) is 11.7. The first-order valence-electron chi connectivity index (χ1n) is 17.4. The van der Waals surface area contributed by atoms with Crippen LogP contribution in [0.25, 0.3) is 16.7 Å². The predicted molar refractivity (Wildman–Crippen MR) is 199 cm³/mol. The molecule has 46 heavy (non-hydrogen) atoms. The van der Waals surface area contributed by atoms with Crippen LogP contribution in [0.1, 0.15) is 162 Å². The Morgan fingerprint density at radius 1 is 0.717 bits per heavy atom. The van der Waals surface area contributed by atoms with Gasteiger partial charge < -0.3 is 10.2 Å². The number of carboxylic acids is 1. The molecule has 0 atom stereocenters. The minimum absolute atomic E-state index is 0. The van der Waals surface area contributed by atoms with Gasteiger partial charge in [0.2, 0.25) is 0 Å². The Labute approximate surface area is 314 Å². The van der Waals surface area contributed by atoms with E-state index < -0.39 is 5.97 Å². The number of aromatic hydroxyl groups is 1. The Balaban J connectivity index is 0.000000464. The second-order valence-electron chi connectivity index (χ2n) is 14.6. The molecule has 0 amide bonds. The fourth-order valence-electron chi connectivity index (χ4n) is 5.42. The fourth-order valence-corrected chi connectivity index (χ4v) is 5.59. The van der Waals surface area contributed by atoms with E-state index in [1.807, 2.05) is 12.1 Å². The summed E-state index contributed by atoms with van der Waals surface area (Å²) in [6.07, 6.45) is 20.2. The maximum atomic E-state index is 10.9. The Bertz CT molecular complexity index is 1310. The van der Waals surface area contributed by atoms with Crippen molar-refractivity contribution in [3.05, 3.63) is 46.5 Å². The van der Waals surface area contributed by atoms with Gasteiger partial charge >= 0.3 is 43.7 Å². The number of aromatic nitrogens is 3. The molecule has 0 saturated carbocycles. The van der Waals surface area contributed by atoms with Crippen molar-refractivity contribution in [2.24, 2.45) is 0 Å². The second kappa shape index (κ2) is 21.6. The van der Waals surface area contributed by atoms with E-state index >= 15 is 0 Å². The van der Waals surface area contributed by atoms with Crippen LogP contribution in [-0.4, -0.2) is 68.9 Å². The van der Waals surface area contributed by atoms with E-state index in [2.05, 4.69) is 64.7 Å². The summed E-state index contributed by atoms with van der Waals surface area (Å²) in [6.45, 7) is 15.0. The van der Waals surface area contributed by atoms with Crippen LogP contribution >= 0.6 is 11.6 Å². The van der Waals surface area contributed by atoms with Crippen molar-refractivity contribution in [2.45, 2.75) is 162 Å². The number of phenolic OH excluding ortho intramolecular Hbond substituents is 1. The Morgan fingerprint density at radius 2 is 1.20 bits per heavy atom. The quantitative estimate of drug-likeness (QED) is 0.109. The van der Waals surface area contributed by atoms with Gasteiger partial charge in [-0.05, 0) is 47.1 Å². The standard InChI is InChI=1S/C20H24ClN3O.C18H36O2.Ca.2H/c1-19(2,3)12-9-14(20(4,5)6)18(25)17(10-12)24-22-15-8-7-13(21)11-16(15)23-24;1-2-3-4-5-6-7-8-9-10-11-12-13-14-15-16-17-18(19)20;;;/h7-11,25H,1-6H3;2-17H2,1H3,(H,19,20);;;. The first-order chi connectivity index (χ1) is 21.2. The van der Waals surface area contributed by atoms with Crippen LogP contribution in [0.5, 0.6) is 5.75 Å². The molecule has 0 fully saturated rings. The van der Waals surface area contributed by atoms with E-state index in [-0.39, 0.29) is 54.3 Å². The maximum absolute atomic E-state index is 10.9. The molecule has 0 aliphatic heterocycles. The van der Waals surface area contributed by atoms with E-state index in [4.69, 9.17) is 16.7 Å². The molecule has 1 aromatic heterocycles. The van der Waals surface area contributed by atoms with Crippen LogP contribution in [0.15, 0.2) is 30.3 Å². The Morgan fingerprint density at radius 3 is 1.65 bits per heavy atom. The summed E-state index contributed by atoms with van der Waals surface area (Å²) < 4.78 is 0. The summed E-state index contributed by atoms with van der Waals surface area (Å²) in [5, 5.41) is 29.1. The number of hydrogen-bond acceptors (Lipinski definition) is 4. The van der Waals surface area contributed by atoms with Gasteiger partial charge in [-0.3, -0.25) is 4.79 Å². The monoisotopic (exact) mass is 683 g/mol. The van der Waals surface area contributed by atoms with Crippen LogP contribution in [0.3, 0.4) is 0 Å². The number of carbonyl (C=O) groups is 1. The molecule has 0 spiro atoms. The van der Waals surface area contributed by atoms with Crippen molar-refractivity contribution in [1.29, 1.82) is 0 Å². The number of benzene rings is 2. The number of phenols is 1. The van der Waals surface area contributed by atoms with E-state index in [9.17, 15) is 9.90 Å². The van der Waals surface area contributed by atoms with E-state index in [0.717, 1.165) is 29.5 Å². The molecule has 2 aromatic carbocycles. The molecule has 3 aromatic rings. The minimum atomic E-state index is -0.653. The van der Waals surface area contributed by atoms with Gasteiger partial charge in [0.1, 0.15) is 22.5 Å². The molecule has 6 nitrogen and oxygen atoms in total. The number of aliphatic carboxylic acids is 1. The molecule has 1 heterocycles. The van der Waals surface area contributed by atoms with Crippen LogP contribution in [-0.2, 0) is 15.6 Å². The molecule has 256 valence electrons. The third-order valence-corrected chi connectivity index (χ3v) is 8.55. The van der Waals surface area contributed by atoms with Gasteiger partial charge in [0.15, 0.2) is 0 Å². The second-order valence-corrected chi connectivity index (χ2v) is 15.0. The van der Waals surface area contributed by atoms with Crippen molar-refractivity contribution < 1.29 is 15.0 Å². The van der Waals surface area contributed by atoms with Crippen molar-refractivity contribution >= 4 is 66.3 Å². The van der Waals surface area contributed by atoms with E-state index in [0.29, 0.717) is 22.6 Å². The summed E-state index contributed by atoms with van der Waals surface area (Å²) in [5.41, 5.74) is 3.78. The zero-order valence-electron chi connectivity index (χ0n) is 29.2. The average molecular weight is 684 g/mol. The summed E-state index contributed by atoms with van der Waals surface area (Å²) in [6, 6.07) is 9.44. The zero-order valence-corrected chi connectivity index (χ0v) is 30.0. The Kier molecular flexibility index (Phi) is 20.0. The third kappa shape index (κ3) is 15.7. The summed E-state index contributed by atoms with van der Waals surface area (Å²) >= 11 is 6.05. The molecular formula is C38H62CaClN3O3. The van der Waals surface area contributed by atoms with Gasteiger partial charge in [0.25, 0.3) is 0 Å². The van der Waals surface area contributed by atoms with E-state index in [1.54, 1.807) is 12.1 Å². The zero-order chi connectivity index (χ0) is 33.5. The molecule has 0 saturated heterocycles. The molecule has 0 unspecified atom stereocenters. The number of unbranched alkanes of at least 4 members (excludes halogenated alkanes) is 14. The van der Waals surface area contributed by atoms with Gasteiger partial charge in [-0.2, -0.15) is 0 Å². The number of nitrogens with zero attached hydrogens (tertiary/aromatic N) is 3. The fraction of sp³-hybridized carbons (Fsp3) is 0.658. The van der Waals surface area contributed by atoms with Gasteiger partial charge in [0, 0.05) is 17.0 Å². The molecule has 0 aliphatic rings. The molecule has 0 bridgehead atoms. The van der Waals surface area contributed by atoms with Crippen molar-refractivity contribution in [2.75, 3.05) is 0 Å². The molecule has 0 aliphatic carbocycles. The third-order valence-electron chi connectivity index (χ3n) is 8.32. The summed E-state index contributed by atoms with van der Waals surface area (Å²) in [5.74, 6) is -0.438. The molecule has 0 radical (unpaired) electrons. The molecule has 8 heteroatoms. The SMILES string of the molecule is CC(C)(C)c1cc(-n2nc3ccc(Cl)cc3n2)c(O)c(C(C)(C)C)c1.CCCCCCCCCCCCCCCCCC(=O)O.[CaH2]. The van der Waals surface area contributed by atoms with Crippen molar-refractivity contribution in [1.82, 2.24) is 15.0 Å². The molecular weight excluding hydrogens is 622 g/mol. The summed E-state index contributed by atoms with van der Waals surface area (Å²) in [7, 11) is 0. The van der Waals surface area contributed by atoms with Gasteiger partial charge in [-0.15, -0.1) is 15.0 Å². The number of carboxylic acid groups (broad SMARTS) is 1. The first-order valence-corrected chi connectivity index (χ1v) is 17.7. The topological polar surface area (TPSA) is 88.2 Å². The number of rotatable bonds is 17. The van der Waals surface area contributed by atoms with Gasteiger partial charge in [-0.1, -0.05) is 156 Å². The number of hydrogen-bond donors (Lipinski definition) is 2. The molecule has 3 rings (SSSR count). The molecule has 2 N–H and O–H groups in total. The van der Waals surface area contributed by atoms with Crippen LogP contribution in [0.2, 0.25) is 5.02 Å². The number of halogens is 1. The van der Waals surface area contributed by atoms with Crippen LogP contribution in [0, 0.1) is 0 Å². The van der Waals surface area contributed by atoms with Gasteiger partial charge in [0.05, 0.1) is 0 Å². The van der Waals surface area contributed by atoms with Crippen molar-refractivity contribution in [3.63, 3.8) is 0 Å². The predicted octanol–water partition coefficient (Wildman–Crippen LogP) is 10.8. The van der Waals surface area contributed by atoms with Crippen LogP contribution < -0.4 is 0 Å². The van der Waals surface area contributed by atoms with E-state index in [1.165, 1.54) is 88.3 Å².